The first-order valence-corrected chi connectivity index (χ1v) is 9.94. The van der Waals surface area contributed by atoms with Crippen LogP contribution in [0.2, 0.25) is 0 Å². The molecule has 0 fully saturated rings. The Morgan fingerprint density at radius 1 is 0.879 bits per heavy atom. The van der Waals surface area contributed by atoms with Gasteiger partial charge in [-0.3, -0.25) is 0 Å². The second-order valence-electron chi connectivity index (χ2n) is 7.37. The summed E-state index contributed by atoms with van der Waals surface area (Å²) in [4.78, 5) is 4.75. The number of benzene rings is 2. The van der Waals surface area contributed by atoms with Gasteiger partial charge in [-0.05, 0) is 61.0 Å². The maximum absolute atomic E-state index is 13.5. The quantitative estimate of drug-likeness (QED) is 0.305. The zero-order valence-electron chi connectivity index (χ0n) is 17.2. The third kappa shape index (κ3) is 4.05. The van der Waals surface area contributed by atoms with E-state index in [1.165, 1.54) is 30.3 Å². The average Bonchev–Trinajstić information content (AvgIpc) is 3.40. The Labute approximate surface area is 185 Å². The molecule has 5 rings (SSSR count). The van der Waals surface area contributed by atoms with Crippen LogP contribution in [0.1, 0.15) is 5.69 Å². The standard InChI is InChI=1S/C24H16F4N4O/c1-15-22(17-5-4-6-19(13-17)33-24(26,27)28)23-29-21(31-11-2-3-12-31)14-20(32(23)30-15)16-7-9-18(25)10-8-16/h2-14H,1H3. The molecule has 0 unspecified atom stereocenters. The number of halogens is 4. The SMILES string of the molecule is Cc1nn2c(-c3ccc(F)cc3)cc(-n3cccc3)nc2c1-c1cccc(OC(F)(F)F)c1. The molecule has 3 aromatic heterocycles. The van der Waals surface area contributed by atoms with E-state index in [0.717, 1.165) is 0 Å². The monoisotopic (exact) mass is 452 g/mol. The van der Waals surface area contributed by atoms with Gasteiger partial charge in [-0.15, -0.1) is 13.2 Å². The molecule has 9 heteroatoms. The maximum Gasteiger partial charge on any atom is 0.573 e. The van der Waals surface area contributed by atoms with Crippen molar-refractivity contribution < 1.29 is 22.3 Å². The summed E-state index contributed by atoms with van der Waals surface area (Å²) in [7, 11) is 0. The number of ether oxygens (including phenoxy) is 1. The van der Waals surface area contributed by atoms with E-state index in [9.17, 15) is 17.6 Å². The van der Waals surface area contributed by atoms with Crippen LogP contribution in [0.15, 0.2) is 79.1 Å². The van der Waals surface area contributed by atoms with Gasteiger partial charge < -0.3 is 9.30 Å². The third-order valence-corrected chi connectivity index (χ3v) is 5.12. The van der Waals surface area contributed by atoms with Gasteiger partial charge >= 0.3 is 6.36 Å². The summed E-state index contributed by atoms with van der Waals surface area (Å²) in [5.74, 6) is -0.122. The largest absolute Gasteiger partial charge is 0.573 e. The fourth-order valence-corrected chi connectivity index (χ4v) is 3.74. The van der Waals surface area contributed by atoms with Gasteiger partial charge in [-0.2, -0.15) is 5.10 Å². The van der Waals surface area contributed by atoms with Crippen molar-refractivity contribution in [3.63, 3.8) is 0 Å². The average molecular weight is 452 g/mol. The van der Waals surface area contributed by atoms with E-state index < -0.39 is 6.36 Å². The molecular formula is C24H16F4N4O. The van der Waals surface area contributed by atoms with Crippen molar-refractivity contribution in [2.75, 3.05) is 0 Å². The van der Waals surface area contributed by atoms with E-state index in [-0.39, 0.29) is 11.6 Å². The van der Waals surface area contributed by atoms with Gasteiger partial charge in [0.15, 0.2) is 5.65 Å². The van der Waals surface area contributed by atoms with Gasteiger partial charge in [0.1, 0.15) is 17.4 Å². The Bertz CT molecular complexity index is 1440. The molecule has 0 aliphatic heterocycles. The molecule has 0 saturated heterocycles. The number of aryl methyl sites for hydroxylation is 1. The van der Waals surface area contributed by atoms with Crippen molar-refractivity contribution in [1.29, 1.82) is 0 Å². The summed E-state index contributed by atoms with van der Waals surface area (Å²) in [6, 6.07) is 17.2. The molecular weight excluding hydrogens is 436 g/mol. The van der Waals surface area contributed by atoms with Crippen molar-refractivity contribution in [1.82, 2.24) is 19.2 Å². The highest BCUT2D eigenvalue weighted by molar-refractivity contribution is 5.83. The molecule has 166 valence electrons. The van der Waals surface area contributed by atoms with Crippen LogP contribution in [0.3, 0.4) is 0 Å². The molecule has 33 heavy (non-hydrogen) atoms. The van der Waals surface area contributed by atoms with Crippen molar-refractivity contribution in [3.8, 4) is 34.0 Å². The van der Waals surface area contributed by atoms with Gasteiger partial charge in [-0.1, -0.05) is 12.1 Å². The Balaban J connectivity index is 1.75. The highest BCUT2D eigenvalue weighted by Crippen LogP contribution is 2.34. The molecule has 2 aromatic carbocycles. The van der Waals surface area contributed by atoms with E-state index in [1.807, 2.05) is 35.2 Å². The van der Waals surface area contributed by atoms with E-state index >= 15 is 0 Å². The Hall–Kier alpha value is -4.14. The lowest BCUT2D eigenvalue weighted by Gasteiger charge is -2.11. The van der Waals surface area contributed by atoms with Gasteiger partial charge in [0.25, 0.3) is 0 Å². The molecule has 5 aromatic rings. The maximum atomic E-state index is 13.5. The molecule has 5 nitrogen and oxygen atoms in total. The fourth-order valence-electron chi connectivity index (χ4n) is 3.74. The Morgan fingerprint density at radius 3 is 2.30 bits per heavy atom. The van der Waals surface area contributed by atoms with Crippen LogP contribution in [0.4, 0.5) is 17.6 Å². The van der Waals surface area contributed by atoms with Crippen LogP contribution in [0.5, 0.6) is 5.75 Å². The smallest absolute Gasteiger partial charge is 0.406 e. The van der Waals surface area contributed by atoms with E-state index in [0.29, 0.717) is 39.5 Å². The molecule has 0 atom stereocenters. The second kappa shape index (κ2) is 7.77. The van der Waals surface area contributed by atoms with Crippen molar-refractivity contribution in [2.45, 2.75) is 13.3 Å². The molecule has 3 heterocycles. The van der Waals surface area contributed by atoms with E-state index in [2.05, 4.69) is 9.84 Å². The molecule has 0 aliphatic rings. The normalized spacial score (nSPS) is 11.8. The topological polar surface area (TPSA) is 44.4 Å². The van der Waals surface area contributed by atoms with Crippen LogP contribution in [-0.2, 0) is 0 Å². The van der Waals surface area contributed by atoms with Crippen LogP contribution in [-0.4, -0.2) is 25.5 Å². The third-order valence-electron chi connectivity index (χ3n) is 5.12. The minimum atomic E-state index is -4.80. The summed E-state index contributed by atoms with van der Waals surface area (Å²) in [5, 5.41) is 4.60. The summed E-state index contributed by atoms with van der Waals surface area (Å²) >= 11 is 0. The lowest BCUT2D eigenvalue weighted by molar-refractivity contribution is -0.274. The molecule has 0 aliphatic carbocycles. The number of fused-ring (bicyclic) bond motifs is 1. The molecule has 0 amide bonds. The first-order chi connectivity index (χ1) is 15.8. The summed E-state index contributed by atoms with van der Waals surface area (Å²) in [6.07, 6.45) is -1.15. The summed E-state index contributed by atoms with van der Waals surface area (Å²) < 4.78 is 59.3. The van der Waals surface area contributed by atoms with Crippen molar-refractivity contribution in [2.24, 2.45) is 0 Å². The highest BCUT2D eigenvalue weighted by atomic mass is 19.4. The number of alkyl halides is 3. The molecule has 0 spiro atoms. The number of nitrogens with zero attached hydrogens (tertiary/aromatic N) is 4. The minimum absolute atomic E-state index is 0.334. The zero-order chi connectivity index (χ0) is 23.2. The van der Waals surface area contributed by atoms with E-state index in [4.69, 9.17) is 4.98 Å². The molecule has 0 bridgehead atoms. The second-order valence-corrected chi connectivity index (χ2v) is 7.37. The molecule has 0 radical (unpaired) electrons. The fraction of sp³-hybridized carbons (Fsp3) is 0.0833. The molecule has 0 N–H and O–H groups in total. The first-order valence-electron chi connectivity index (χ1n) is 9.94. The highest BCUT2D eigenvalue weighted by Gasteiger charge is 2.31. The number of rotatable bonds is 4. The predicted octanol–water partition coefficient (Wildman–Crippen LogP) is 6.20. The lowest BCUT2D eigenvalue weighted by Crippen LogP contribution is -2.17. The summed E-state index contributed by atoms with van der Waals surface area (Å²) in [6.45, 7) is 1.76. The Morgan fingerprint density at radius 2 is 1.61 bits per heavy atom. The first kappa shape index (κ1) is 20.7. The van der Waals surface area contributed by atoms with Gasteiger partial charge in [-0.25, -0.2) is 13.9 Å². The van der Waals surface area contributed by atoms with Crippen LogP contribution in [0, 0.1) is 12.7 Å². The lowest BCUT2D eigenvalue weighted by atomic mass is 10.1. The van der Waals surface area contributed by atoms with Crippen molar-refractivity contribution in [3.05, 3.63) is 90.6 Å². The summed E-state index contributed by atoms with van der Waals surface area (Å²) in [5.41, 5.74) is 3.43. The Kier molecular flexibility index (Phi) is 4.88. The predicted molar refractivity (Wildman–Crippen MR) is 115 cm³/mol. The van der Waals surface area contributed by atoms with Crippen LogP contribution < -0.4 is 4.74 Å². The van der Waals surface area contributed by atoms with Gasteiger partial charge in [0, 0.05) is 29.6 Å². The van der Waals surface area contributed by atoms with Crippen LogP contribution >= 0.6 is 0 Å². The van der Waals surface area contributed by atoms with Crippen molar-refractivity contribution >= 4 is 5.65 Å². The zero-order valence-corrected chi connectivity index (χ0v) is 17.2. The van der Waals surface area contributed by atoms with E-state index in [1.54, 1.807) is 29.6 Å². The number of aromatic nitrogens is 4. The number of hydrogen-bond acceptors (Lipinski definition) is 3. The minimum Gasteiger partial charge on any atom is -0.406 e. The molecule has 0 saturated carbocycles. The van der Waals surface area contributed by atoms with Gasteiger partial charge in [0.2, 0.25) is 0 Å². The number of hydrogen-bond donors (Lipinski definition) is 0. The van der Waals surface area contributed by atoms with Crippen LogP contribution in [0.25, 0.3) is 33.8 Å². The van der Waals surface area contributed by atoms with Gasteiger partial charge in [0.05, 0.1) is 11.4 Å².